The number of aromatic hydroxyl groups is 1. The first-order valence-corrected chi connectivity index (χ1v) is 6.31. The van der Waals surface area contributed by atoms with Crippen LogP contribution < -0.4 is 0 Å². The Morgan fingerprint density at radius 2 is 1.81 bits per heavy atom. The van der Waals surface area contributed by atoms with E-state index in [1.54, 1.807) is 12.1 Å². The van der Waals surface area contributed by atoms with Crippen molar-refractivity contribution in [3.63, 3.8) is 0 Å². The van der Waals surface area contributed by atoms with E-state index in [0.717, 1.165) is 19.1 Å². The Hall–Kier alpha value is -1.02. The zero-order valence-electron chi connectivity index (χ0n) is 10.0. The van der Waals surface area contributed by atoms with Gasteiger partial charge in [0.15, 0.2) is 0 Å². The minimum atomic E-state index is 0.354. The van der Waals surface area contributed by atoms with Gasteiger partial charge in [0.05, 0.1) is 0 Å². The van der Waals surface area contributed by atoms with E-state index in [0.29, 0.717) is 5.75 Å². The van der Waals surface area contributed by atoms with Crippen molar-refractivity contribution in [1.82, 2.24) is 4.90 Å². The highest BCUT2D eigenvalue weighted by molar-refractivity contribution is 5.25. The van der Waals surface area contributed by atoms with Crippen molar-refractivity contribution >= 4 is 0 Å². The number of hydrogen-bond acceptors (Lipinski definition) is 2. The second-order valence-electron chi connectivity index (χ2n) is 4.67. The summed E-state index contributed by atoms with van der Waals surface area (Å²) in [5, 5.41) is 9.25. The maximum absolute atomic E-state index is 9.25. The Balaban J connectivity index is 1.97. The van der Waals surface area contributed by atoms with Crippen LogP contribution in [0, 0.1) is 0 Å². The summed E-state index contributed by atoms with van der Waals surface area (Å²) in [4.78, 5) is 2.55. The summed E-state index contributed by atoms with van der Waals surface area (Å²) >= 11 is 0. The standard InChI is InChI=1S/C14H21NO/c1-2-15(13-5-3-4-6-13)11-12-7-9-14(16)10-8-12/h7-10,13,16H,2-6,11H2,1H3. The van der Waals surface area contributed by atoms with Crippen molar-refractivity contribution in [1.29, 1.82) is 0 Å². The molecule has 1 aliphatic rings. The number of phenolic OH excluding ortho intramolecular Hbond substituents is 1. The molecule has 2 rings (SSSR count). The second-order valence-corrected chi connectivity index (χ2v) is 4.67. The van der Waals surface area contributed by atoms with E-state index < -0.39 is 0 Å². The van der Waals surface area contributed by atoms with Crippen LogP contribution in [0.5, 0.6) is 5.75 Å². The van der Waals surface area contributed by atoms with Crippen molar-refractivity contribution < 1.29 is 5.11 Å². The van der Waals surface area contributed by atoms with Crippen LogP contribution in [0.2, 0.25) is 0 Å². The highest BCUT2D eigenvalue weighted by atomic mass is 16.3. The van der Waals surface area contributed by atoms with E-state index >= 15 is 0 Å². The van der Waals surface area contributed by atoms with Gasteiger partial charge in [-0.05, 0) is 37.1 Å². The van der Waals surface area contributed by atoms with Gasteiger partial charge in [-0.25, -0.2) is 0 Å². The number of phenols is 1. The van der Waals surface area contributed by atoms with Crippen LogP contribution in [-0.2, 0) is 6.54 Å². The Labute approximate surface area is 97.9 Å². The molecule has 0 spiro atoms. The maximum Gasteiger partial charge on any atom is 0.115 e. The minimum absolute atomic E-state index is 0.354. The summed E-state index contributed by atoms with van der Waals surface area (Å²) in [5.41, 5.74) is 1.30. The van der Waals surface area contributed by atoms with Crippen LogP contribution in [0.1, 0.15) is 38.2 Å². The predicted octanol–water partition coefficient (Wildman–Crippen LogP) is 3.16. The van der Waals surface area contributed by atoms with Gasteiger partial charge in [-0.1, -0.05) is 31.9 Å². The molecule has 0 aliphatic heterocycles. The van der Waals surface area contributed by atoms with Crippen LogP contribution >= 0.6 is 0 Å². The quantitative estimate of drug-likeness (QED) is 0.841. The summed E-state index contributed by atoms with van der Waals surface area (Å²) in [7, 11) is 0. The van der Waals surface area contributed by atoms with Gasteiger partial charge in [-0.15, -0.1) is 0 Å². The summed E-state index contributed by atoms with van der Waals surface area (Å²) in [6.07, 6.45) is 5.48. The fourth-order valence-corrected chi connectivity index (χ4v) is 2.60. The molecule has 0 atom stereocenters. The molecular weight excluding hydrogens is 198 g/mol. The van der Waals surface area contributed by atoms with Gasteiger partial charge >= 0.3 is 0 Å². The molecule has 16 heavy (non-hydrogen) atoms. The number of benzene rings is 1. The average molecular weight is 219 g/mol. The highest BCUT2D eigenvalue weighted by Crippen LogP contribution is 2.24. The topological polar surface area (TPSA) is 23.5 Å². The van der Waals surface area contributed by atoms with Gasteiger partial charge in [-0.2, -0.15) is 0 Å². The van der Waals surface area contributed by atoms with Crippen LogP contribution in [0.25, 0.3) is 0 Å². The van der Waals surface area contributed by atoms with Crippen molar-refractivity contribution in [3.8, 4) is 5.75 Å². The molecule has 2 heteroatoms. The summed E-state index contributed by atoms with van der Waals surface area (Å²) in [6, 6.07) is 8.37. The molecule has 1 N–H and O–H groups in total. The van der Waals surface area contributed by atoms with Crippen molar-refractivity contribution in [3.05, 3.63) is 29.8 Å². The summed E-state index contributed by atoms with van der Waals surface area (Å²) < 4.78 is 0. The summed E-state index contributed by atoms with van der Waals surface area (Å²) in [5.74, 6) is 0.354. The first-order valence-electron chi connectivity index (χ1n) is 6.31. The lowest BCUT2D eigenvalue weighted by Crippen LogP contribution is -2.32. The largest absolute Gasteiger partial charge is 0.508 e. The van der Waals surface area contributed by atoms with E-state index in [1.807, 2.05) is 12.1 Å². The first-order chi connectivity index (χ1) is 7.79. The van der Waals surface area contributed by atoms with Gasteiger partial charge < -0.3 is 5.11 Å². The van der Waals surface area contributed by atoms with Crippen molar-refractivity contribution in [2.45, 2.75) is 45.2 Å². The number of nitrogens with zero attached hydrogens (tertiary/aromatic N) is 1. The van der Waals surface area contributed by atoms with E-state index in [4.69, 9.17) is 0 Å². The van der Waals surface area contributed by atoms with E-state index in [1.165, 1.54) is 31.2 Å². The molecule has 0 radical (unpaired) electrons. The Kier molecular flexibility index (Phi) is 3.83. The Morgan fingerprint density at radius 3 is 2.38 bits per heavy atom. The fourth-order valence-electron chi connectivity index (χ4n) is 2.60. The SMILES string of the molecule is CCN(Cc1ccc(O)cc1)C1CCCC1. The van der Waals surface area contributed by atoms with E-state index in [9.17, 15) is 5.11 Å². The molecule has 0 aromatic heterocycles. The van der Waals surface area contributed by atoms with Crippen LogP contribution in [0.15, 0.2) is 24.3 Å². The first kappa shape index (κ1) is 11.5. The number of hydrogen-bond donors (Lipinski definition) is 1. The zero-order valence-corrected chi connectivity index (χ0v) is 10.0. The average Bonchev–Trinajstić information content (AvgIpc) is 2.82. The third-order valence-corrected chi connectivity index (χ3v) is 3.57. The van der Waals surface area contributed by atoms with Crippen LogP contribution in [0.3, 0.4) is 0 Å². The van der Waals surface area contributed by atoms with Crippen molar-refractivity contribution in [2.24, 2.45) is 0 Å². The molecule has 1 fully saturated rings. The smallest absolute Gasteiger partial charge is 0.115 e. The van der Waals surface area contributed by atoms with Gasteiger partial charge in [0.25, 0.3) is 0 Å². The molecule has 0 unspecified atom stereocenters. The van der Waals surface area contributed by atoms with Gasteiger partial charge in [-0.3, -0.25) is 4.90 Å². The van der Waals surface area contributed by atoms with Crippen LogP contribution in [-0.4, -0.2) is 22.6 Å². The van der Waals surface area contributed by atoms with Gasteiger partial charge in [0.1, 0.15) is 5.75 Å². The molecule has 1 aliphatic carbocycles. The Bertz CT molecular complexity index is 314. The molecule has 0 saturated heterocycles. The van der Waals surface area contributed by atoms with Crippen molar-refractivity contribution in [2.75, 3.05) is 6.54 Å². The van der Waals surface area contributed by atoms with E-state index in [2.05, 4.69) is 11.8 Å². The molecule has 1 aromatic carbocycles. The lowest BCUT2D eigenvalue weighted by atomic mass is 10.1. The van der Waals surface area contributed by atoms with Crippen LogP contribution in [0.4, 0.5) is 0 Å². The lowest BCUT2D eigenvalue weighted by molar-refractivity contribution is 0.200. The number of rotatable bonds is 4. The molecule has 2 nitrogen and oxygen atoms in total. The normalized spacial score (nSPS) is 17.1. The molecule has 88 valence electrons. The van der Waals surface area contributed by atoms with E-state index in [-0.39, 0.29) is 0 Å². The predicted molar refractivity (Wildman–Crippen MR) is 66.4 cm³/mol. The molecule has 0 heterocycles. The zero-order chi connectivity index (χ0) is 11.4. The third kappa shape index (κ3) is 2.76. The fraction of sp³-hybridized carbons (Fsp3) is 0.571. The molecule has 0 bridgehead atoms. The molecule has 0 amide bonds. The maximum atomic E-state index is 9.25. The highest BCUT2D eigenvalue weighted by Gasteiger charge is 2.21. The monoisotopic (exact) mass is 219 g/mol. The van der Waals surface area contributed by atoms with Gasteiger partial charge in [0.2, 0.25) is 0 Å². The lowest BCUT2D eigenvalue weighted by Gasteiger charge is -2.27. The second kappa shape index (κ2) is 5.35. The minimum Gasteiger partial charge on any atom is -0.508 e. The molecular formula is C14H21NO. The van der Waals surface area contributed by atoms with Gasteiger partial charge in [0, 0.05) is 12.6 Å². The summed E-state index contributed by atoms with van der Waals surface area (Å²) in [6.45, 7) is 4.37. The third-order valence-electron chi connectivity index (χ3n) is 3.57. The Morgan fingerprint density at radius 1 is 1.19 bits per heavy atom. The molecule has 1 saturated carbocycles. The molecule has 1 aromatic rings.